The number of rotatable bonds is 1. The summed E-state index contributed by atoms with van der Waals surface area (Å²) in [5.41, 5.74) is 0. The number of halogens is 2. The minimum absolute atomic E-state index is 0.374. The predicted molar refractivity (Wildman–Crippen MR) is 57.4 cm³/mol. The maximum Gasteiger partial charge on any atom is 0.188 e. The van der Waals surface area contributed by atoms with Gasteiger partial charge in [0.2, 0.25) is 0 Å². The van der Waals surface area contributed by atoms with E-state index in [1.165, 1.54) is 32.6 Å². The zero-order valence-corrected chi connectivity index (χ0v) is 9.78. The summed E-state index contributed by atoms with van der Waals surface area (Å²) in [4.78, 5) is 0. The van der Waals surface area contributed by atoms with Crippen molar-refractivity contribution in [3.05, 3.63) is 9.82 Å². The van der Waals surface area contributed by atoms with Gasteiger partial charge >= 0.3 is 0 Å². The van der Waals surface area contributed by atoms with Crippen LogP contribution in [0.25, 0.3) is 0 Å². The molecule has 1 rings (SSSR count). The van der Waals surface area contributed by atoms with E-state index in [0.29, 0.717) is 14.3 Å². The van der Waals surface area contributed by atoms with Crippen LogP contribution in [0.2, 0.25) is 5.15 Å². The molecule has 0 aliphatic rings. The summed E-state index contributed by atoms with van der Waals surface area (Å²) < 4.78 is 4.80. The molecule has 0 fully saturated rings. The number of thioether (sulfide) groups is 1. The van der Waals surface area contributed by atoms with Gasteiger partial charge in [0.05, 0.1) is 0 Å². The molecule has 3 nitrogen and oxygen atoms in total. The summed E-state index contributed by atoms with van der Waals surface area (Å²) in [6.45, 7) is 0. The largest absolute Gasteiger partial charge is 0.188 e. The van der Waals surface area contributed by atoms with Gasteiger partial charge < -0.3 is 0 Å². The molecule has 66 valence electrons. The molecule has 1 heterocycles. The minimum atomic E-state index is 0.374. The Bertz CT molecular complexity index is 341. The van der Waals surface area contributed by atoms with Crippen molar-refractivity contribution in [3.63, 3.8) is 0 Å². The van der Waals surface area contributed by atoms with E-state index in [2.05, 4.69) is 14.6 Å². The Kier molecular flexibility index (Phi) is 4.52. The highest BCUT2D eigenvalue weighted by atomic mass is 35.5. The molecule has 1 aromatic heterocycles. The van der Waals surface area contributed by atoms with E-state index in [-0.39, 0.29) is 0 Å². The van der Waals surface area contributed by atoms with E-state index >= 15 is 0 Å². The molecule has 0 bridgehead atoms. The van der Waals surface area contributed by atoms with Crippen molar-refractivity contribution in [1.29, 1.82) is 0 Å². The first kappa shape index (κ1) is 10.5. The second kappa shape index (κ2) is 5.18. The van der Waals surface area contributed by atoms with E-state index in [4.69, 9.17) is 23.2 Å². The molecule has 0 saturated heterocycles. The zero-order valence-electron chi connectivity index (χ0n) is 5.82. The third kappa shape index (κ3) is 3.02. The molecule has 0 saturated carbocycles. The molecule has 0 unspecified atom stereocenters. The van der Waals surface area contributed by atoms with Gasteiger partial charge in [-0.05, 0) is 16.6 Å². The molecule has 0 radical (unpaired) electrons. The van der Waals surface area contributed by atoms with Crippen LogP contribution in [0.1, 0.15) is 0 Å². The maximum absolute atomic E-state index is 5.66. The maximum atomic E-state index is 5.66. The summed E-state index contributed by atoms with van der Waals surface area (Å²) >= 11 is 12.6. The SMILES string of the molecule is CS/C(Cl)=N/N=c1\ssnc1Cl. The van der Waals surface area contributed by atoms with Crippen LogP contribution < -0.4 is 4.67 Å². The van der Waals surface area contributed by atoms with Crippen molar-refractivity contribution >= 4 is 60.3 Å². The lowest BCUT2D eigenvalue weighted by Gasteiger charge is -1.82. The van der Waals surface area contributed by atoms with Crippen LogP contribution in [0.4, 0.5) is 0 Å². The van der Waals surface area contributed by atoms with Crippen molar-refractivity contribution in [1.82, 2.24) is 4.37 Å². The quantitative estimate of drug-likeness (QED) is 0.337. The van der Waals surface area contributed by atoms with Crippen molar-refractivity contribution < 1.29 is 0 Å². The Morgan fingerprint density at radius 3 is 2.92 bits per heavy atom. The van der Waals surface area contributed by atoms with Gasteiger partial charge in [0.1, 0.15) is 0 Å². The predicted octanol–water partition coefficient (Wildman–Crippen LogP) is 2.63. The zero-order chi connectivity index (χ0) is 8.97. The van der Waals surface area contributed by atoms with Crippen LogP contribution in [0.5, 0.6) is 0 Å². The third-order valence-corrected chi connectivity index (χ3v) is 3.92. The molecule has 0 aliphatic heterocycles. The monoisotopic (exact) mass is 259 g/mol. The van der Waals surface area contributed by atoms with Crippen molar-refractivity contribution in [2.75, 3.05) is 6.26 Å². The lowest BCUT2D eigenvalue weighted by Crippen LogP contribution is -1.92. The second-order valence-electron chi connectivity index (χ2n) is 1.50. The summed E-state index contributed by atoms with van der Waals surface area (Å²) in [6, 6.07) is 0. The second-order valence-corrected chi connectivity index (χ2v) is 5.07. The Labute approximate surface area is 90.7 Å². The average molecular weight is 260 g/mol. The highest BCUT2D eigenvalue weighted by Crippen LogP contribution is 2.06. The van der Waals surface area contributed by atoms with E-state index in [1.54, 1.807) is 0 Å². The number of hydrogen-bond acceptors (Lipinski definition) is 6. The van der Waals surface area contributed by atoms with Crippen LogP contribution in [0.15, 0.2) is 10.2 Å². The summed E-state index contributed by atoms with van der Waals surface area (Å²) in [5, 5.41) is 7.89. The van der Waals surface area contributed by atoms with E-state index in [9.17, 15) is 0 Å². The number of nitrogens with zero attached hydrogens (tertiary/aromatic N) is 3. The highest BCUT2D eigenvalue weighted by Gasteiger charge is 1.95. The van der Waals surface area contributed by atoms with Crippen molar-refractivity contribution in [2.45, 2.75) is 0 Å². The first-order valence-corrected chi connectivity index (χ1v) is 6.75. The van der Waals surface area contributed by atoms with Crippen LogP contribution in [-0.4, -0.2) is 15.1 Å². The molecular weight excluding hydrogens is 257 g/mol. The third-order valence-electron chi connectivity index (χ3n) is 0.798. The fourth-order valence-electron chi connectivity index (χ4n) is 0.344. The molecule has 0 aliphatic carbocycles. The molecule has 12 heavy (non-hydrogen) atoms. The van der Waals surface area contributed by atoms with Crippen molar-refractivity contribution in [3.8, 4) is 0 Å². The van der Waals surface area contributed by atoms with Gasteiger partial charge in [-0.25, -0.2) is 0 Å². The van der Waals surface area contributed by atoms with E-state index in [0.717, 1.165) is 0 Å². The first-order valence-electron chi connectivity index (χ1n) is 2.66. The lowest BCUT2D eigenvalue weighted by atomic mass is 11.0. The van der Waals surface area contributed by atoms with Crippen molar-refractivity contribution in [2.24, 2.45) is 10.2 Å². The topological polar surface area (TPSA) is 37.6 Å². The van der Waals surface area contributed by atoms with Gasteiger partial charge in [0, 0.05) is 10.5 Å². The molecule has 8 heteroatoms. The molecular formula is C4H3Cl2N3S3. The lowest BCUT2D eigenvalue weighted by molar-refractivity contribution is 1.17. The molecule has 0 aromatic carbocycles. The summed E-state index contributed by atoms with van der Waals surface area (Å²) in [7, 11) is 2.63. The molecule has 0 spiro atoms. The van der Waals surface area contributed by atoms with Gasteiger partial charge in [-0.2, -0.15) is 4.37 Å². The van der Waals surface area contributed by atoms with Crippen LogP contribution in [0, 0.1) is 0 Å². The van der Waals surface area contributed by atoms with E-state index in [1.807, 2.05) is 6.26 Å². The smallest absolute Gasteiger partial charge is 0.167 e. The Hall–Kier alpha value is 0.380. The Morgan fingerprint density at radius 2 is 2.42 bits per heavy atom. The van der Waals surface area contributed by atoms with Gasteiger partial charge in [-0.1, -0.05) is 35.0 Å². The van der Waals surface area contributed by atoms with Crippen LogP contribution in [0.3, 0.4) is 0 Å². The Morgan fingerprint density at radius 1 is 1.67 bits per heavy atom. The molecule has 0 atom stereocenters. The van der Waals surface area contributed by atoms with Gasteiger partial charge in [-0.3, -0.25) is 0 Å². The normalized spacial score (nSPS) is 13.9. The van der Waals surface area contributed by atoms with E-state index < -0.39 is 0 Å². The fraction of sp³-hybridized carbons (Fsp3) is 0.250. The Balaban J connectivity index is 2.91. The average Bonchev–Trinajstić information content (AvgIpc) is 2.47. The molecule has 1 aromatic rings. The standard InChI is InChI=1S/C4H3Cl2N3S3/c1-10-4(6)8-7-3-2(5)9-12-11-3/h1H3/b7-3-,8-4+. The molecule has 0 amide bonds. The highest BCUT2D eigenvalue weighted by molar-refractivity contribution is 8.16. The van der Waals surface area contributed by atoms with Gasteiger partial charge in [-0.15, -0.1) is 10.2 Å². The minimum Gasteiger partial charge on any atom is -0.167 e. The fourth-order valence-corrected chi connectivity index (χ4v) is 2.41. The van der Waals surface area contributed by atoms with Gasteiger partial charge in [0.25, 0.3) is 0 Å². The van der Waals surface area contributed by atoms with Crippen LogP contribution >= 0.6 is 55.8 Å². The van der Waals surface area contributed by atoms with Gasteiger partial charge in [0.15, 0.2) is 14.3 Å². The number of aromatic nitrogens is 1. The number of hydrogen-bond donors (Lipinski definition) is 0. The summed E-state index contributed by atoms with van der Waals surface area (Å²) in [5.74, 6) is 0. The molecule has 0 N–H and O–H groups in total. The van der Waals surface area contributed by atoms with Crippen LogP contribution in [-0.2, 0) is 0 Å². The first-order chi connectivity index (χ1) is 5.74. The summed E-state index contributed by atoms with van der Waals surface area (Å²) in [6.07, 6.45) is 1.82.